The van der Waals surface area contributed by atoms with Crippen molar-refractivity contribution in [2.75, 3.05) is 27.3 Å². The van der Waals surface area contributed by atoms with E-state index in [1.54, 1.807) is 24.5 Å². The summed E-state index contributed by atoms with van der Waals surface area (Å²) in [5, 5.41) is 0. The van der Waals surface area contributed by atoms with Crippen molar-refractivity contribution in [1.29, 1.82) is 0 Å². The number of ether oxygens (including phenoxy) is 2. The molecule has 1 aliphatic heterocycles. The number of hydrogen-bond acceptors (Lipinski definition) is 6. The zero-order valence-electron chi connectivity index (χ0n) is 17.9. The summed E-state index contributed by atoms with van der Waals surface area (Å²) in [6.07, 6.45) is 6.77. The molecule has 0 radical (unpaired) electrons. The molecular weight excluding hydrogens is 416 g/mol. The average Bonchev–Trinajstić information content (AvgIpc) is 3.20. The molecule has 1 fully saturated rings. The molecule has 3 aromatic rings. The van der Waals surface area contributed by atoms with Crippen LogP contribution in [0, 0.1) is 6.92 Å². The number of aryl methyl sites for hydroxylation is 1. The predicted molar refractivity (Wildman–Crippen MR) is 117 cm³/mol. The van der Waals surface area contributed by atoms with Crippen LogP contribution in [0.1, 0.15) is 24.6 Å². The van der Waals surface area contributed by atoms with E-state index in [0.717, 1.165) is 17.1 Å². The Morgan fingerprint density at radius 2 is 1.84 bits per heavy atom. The highest BCUT2D eigenvalue weighted by atomic mass is 32.2. The van der Waals surface area contributed by atoms with Crippen LogP contribution in [-0.4, -0.2) is 54.6 Å². The van der Waals surface area contributed by atoms with E-state index in [1.807, 2.05) is 25.3 Å². The summed E-state index contributed by atoms with van der Waals surface area (Å²) in [5.74, 6) is 1.65. The van der Waals surface area contributed by atoms with Gasteiger partial charge in [0.25, 0.3) is 0 Å². The average molecular weight is 443 g/mol. The van der Waals surface area contributed by atoms with E-state index in [4.69, 9.17) is 9.47 Å². The fourth-order valence-corrected chi connectivity index (χ4v) is 5.72. The highest BCUT2D eigenvalue weighted by Gasteiger charge is 2.33. The molecule has 1 aromatic carbocycles. The van der Waals surface area contributed by atoms with E-state index in [1.165, 1.54) is 24.6 Å². The number of benzene rings is 1. The minimum atomic E-state index is -3.71. The summed E-state index contributed by atoms with van der Waals surface area (Å²) >= 11 is 0. The number of hydrogen-bond donors (Lipinski definition) is 0. The minimum absolute atomic E-state index is 0.127. The van der Waals surface area contributed by atoms with Crippen molar-refractivity contribution in [3.05, 3.63) is 54.6 Å². The minimum Gasteiger partial charge on any atom is -0.497 e. The summed E-state index contributed by atoms with van der Waals surface area (Å²) in [7, 11) is -0.731. The summed E-state index contributed by atoms with van der Waals surface area (Å²) in [5.41, 5.74) is 2.00. The lowest BCUT2D eigenvalue weighted by Gasteiger charge is -2.33. The van der Waals surface area contributed by atoms with Crippen molar-refractivity contribution < 1.29 is 17.9 Å². The number of imidazole rings is 1. The van der Waals surface area contributed by atoms with E-state index in [-0.39, 0.29) is 10.9 Å². The third kappa shape index (κ3) is 4.03. The lowest BCUT2D eigenvalue weighted by molar-refractivity contribution is 0.272. The van der Waals surface area contributed by atoms with Gasteiger partial charge < -0.3 is 14.0 Å². The van der Waals surface area contributed by atoms with Crippen LogP contribution >= 0.6 is 0 Å². The molecule has 0 N–H and O–H groups in total. The Hall–Kier alpha value is -2.91. The monoisotopic (exact) mass is 442 g/mol. The molecule has 1 saturated heterocycles. The maximum atomic E-state index is 13.3. The second-order valence-corrected chi connectivity index (χ2v) is 9.39. The molecule has 3 heterocycles. The summed E-state index contributed by atoms with van der Waals surface area (Å²) in [6.45, 7) is 2.85. The Kier molecular flexibility index (Phi) is 5.97. The Balaban J connectivity index is 1.57. The zero-order chi connectivity index (χ0) is 22.0. The Morgan fingerprint density at radius 1 is 1.06 bits per heavy atom. The van der Waals surface area contributed by atoms with E-state index >= 15 is 0 Å². The highest BCUT2D eigenvalue weighted by Crippen LogP contribution is 2.35. The lowest BCUT2D eigenvalue weighted by atomic mass is 10.1. The van der Waals surface area contributed by atoms with Crippen LogP contribution < -0.4 is 9.47 Å². The first kappa shape index (κ1) is 21.3. The van der Waals surface area contributed by atoms with Gasteiger partial charge in [0.15, 0.2) is 0 Å². The van der Waals surface area contributed by atoms with E-state index in [9.17, 15) is 8.42 Å². The third-order valence-electron chi connectivity index (χ3n) is 5.68. The van der Waals surface area contributed by atoms with Crippen molar-refractivity contribution in [2.45, 2.75) is 30.7 Å². The molecule has 0 bridgehead atoms. The number of sulfonamides is 1. The number of methoxy groups -OCH3 is 2. The maximum absolute atomic E-state index is 13.3. The maximum Gasteiger partial charge on any atom is 0.246 e. The zero-order valence-corrected chi connectivity index (χ0v) is 18.7. The molecule has 0 amide bonds. The van der Waals surface area contributed by atoms with E-state index in [2.05, 4.69) is 14.5 Å². The Labute approximate surface area is 182 Å². The van der Waals surface area contributed by atoms with Crippen LogP contribution in [0.2, 0.25) is 0 Å². The fraction of sp³-hybridized carbons (Fsp3) is 0.364. The third-order valence-corrected chi connectivity index (χ3v) is 7.60. The highest BCUT2D eigenvalue weighted by molar-refractivity contribution is 7.89. The molecule has 1 aliphatic rings. The van der Waals surface area contributed by atoms with Crippen LogP contribution in [0.15, 0.2) is 53.8 Å². The van der Waals surface area contributed by atoms with Crippen LogP contribution in [0.4, 0.5) is 0 Å². The number of rotatable bonds is 6. The topological polar surface area (TPSA) is 86.5 Å². The SMILES string of the molecule is COc1ccc(OC)c(S(=O)(=O)N2CCC(n3c(C)cnc3-c3cccnc3)CC2)c1. The number of nitrogens with zero attached hydrogens (tertiary/aromatic N) is 4. The predicted octanol–water partition coefficient (Wildman–Crippen LogP) is 3.30. The first-order valence-electron chi connectivity index (χ1n) is 10.1. The van der Waals surface area contributed by atoms with Crippen LogP contribution in [0.5, 0.6) is 11.5 Å². The molecule has 0 saturated carbocycles. The summed E-state index contributed by atoms with van der Waals surface area (Å²) in [6, 6.07) is 8.86. The molecule has 0 atom stereocenters. The van der Waals surface area contributed by atoms with Crippen molar-refractivity contribution in [1.82, 2.24) is 18.8 Å². The number of piperidine rings is 1. The van der Waals surface area contributed by atoms with E-state index in [0.29, 0.717) is 37.4 Å². The fourth-order valence-electron chi connectivity index (χ4n) is 4.08. The van der Waals surface area contributed by atoms with Gasteiger partial charge in [0.1, 0.15) is 22.2 Å². The van der Waals surface area contributed by atoms with Gasteiger partial charge in [0.2, 0.25) is 10.0 Å². The quantitative estimate of drug-likeness (QED) is 0.582. The van der Waals surface area contributed by atoms with Gasteiger partial charge in [-0.1, -0.05) is 0 Å². The second-order valence-electron chi connectivity index (χ2n) is 7.49. The Morgan fingerprint density at radius 3 is 2.48 bits per heavy atom. The van der Waals surface area contributed by atoms with Gasteiger partial charge in [-0.05, 0) is 44.0 Å². The summed E-state index contributed by atoms with van der Waals surface area (Å²) in [4.78, 5) is 8.91. The largest absolute Gasteiger partial charge is 0.497 e. The molecule has 4 rings (SSSR count). The number of aromatic nitrogens is 3. The molecule has 2 aromatic heterocycles. The van der Waals surface area contributed by atoms with Crippen LogP contribution in [0.3, 0.4) is 0 Å². The summed E-state index contributed by atoms with van der Waals surface area (Å²) < 4.78 is 40.9. The van der Waals surface area contributed by atoms with Gasteiger partial charge >= 0.3 is 0 Å². The molecule has 0 aliphatic carbocycles. The standard InChI is InChI=1S/C22H26N4O4S/c1-16-14-24-22(17-5-4-10-23-15-17)26(16)18-8-11-25(12-9-18)31(27,28)21-13-19(29-2)6-7-20(21)30-3/h4-7,10,13-15,18H,8-9,11-12H2,1-3H3. The van der Waals surface area contributed by atoms with Gasteiger partial charge in [-0.3, -0.25) is 4.98 Å². The lowest BCUT2D eigenvalue weighted by Crippen LogP contribution is -2.39. The Bertz CT molecular complexity index is 1150. The van der Waals surface area contributed by atoms with Gasteiger partial charge in [0.05, 0.1) is 14.2 Å². The molecule has 164 valence electrons. The van der Waals surface area contributed by atoms with Crippen LogP contribution in [0.25, 0.3) is 11.4 Å². The molecule has 8 nitrogen and oxygen atoms in total. The molecule has 0 unspecified atom stereocenters. The molecule has 31 heavy (non-hydrogen) atoms. The second kappa shape index (κ2) is 8.68. The first-order chi connectivity index (χ1) is 15.0. The first-order valence-corrected chi connectivity index (χ1v) is 11.6. The van der Waals surface area contributed by atoms with Crippen molar-refractivity contribution in [3.8, 4) is 22.9 Å². The number of pyridine rings is 1. The van der Waals surface area contributed by atoms with Crippen molar-refractivity contribution >= 4 is 10.0 Å². The van der Waals surface area contributed by atoms with Crippen molar-refractivity contribution in [3.63, 3.8) is 0 Å². The normalized spacial score (nSPS) is 15.7. The van der Waals surface area contributed by atoms with Gasteiger partial charge in [-0.15, -0.1) is 0 Å². The van der Waals surface area contributed by atoms with Gasteiger partial charge in [-0.25, -0.2) is 13.4 Å². The van der Waals surface area contributed by atoms with Crippen LogP contribution in [-0.2, 0) is 10.0 Å². The smallest absolute Gasteiger partial charge is 0.246 e. The van der Waals surface area contributed by atoms with E-state index < -0.39 is 10.0 Å². The van der Waals surface area contributed by atoms with Crippen molar-refractivity contribution in [2.24, 2.45) is 0 Å². The van der Waals surface area contributed by atoms with Gasteiger partial charge in [0, 0.05) is 55.0 Å². The molecule has 9 heteroatoms. The molecule has 0 spiro atoms. The van der Waals surface area contributed by atoms with Gasteiger partial charge in [-0.2, -0.15) is 4.31 Å². The molecular formula is C22H26N4O4S.